The van der Waals surface area contributed by atoms with Gasteiger partial charge in [0.15, 0.2) is 0 Å². The molecule has 114 valence electrons. The molecule has 0 spiro atoms. The van der Waals surface area contributed by atoms with E-state index in [1.807, 2.05) is 25.5 Å². The second-order valence-corrected chi connectivity index (χ2v) is 6.11. The van der Waals surface area contributed by atoms with Crippen LogP contribution >= 0.6 is 0 Å². The number of nitrogens with zero attached hydrogens (tertiary/aromatic N) is 5. The van der Waals surface area contributed by atoms with E-state index in [2.05, 4.69) is 47.9 Å². The Hall–Kier alpha value is -2.48. The van der Waals surface area contributed by atoms with Crippen LogP contribution in [0.4, 0.5) is 11.4 Å². The second-order valence-electron chi connectivity index (χ2n) is 6.11. The SMILES string of the molecule is CC(C)N1CCN(C)c2cc(-c3cnn(C)c3)c(C#N)cc21. The molecule has 0 atom stereocenters. The van der Waals surface area contributed by atoms with E-state index in [4.69, 9.17) is 0 Å². The van der Waals surface area contributed by atoms with Gasteiger partial charge in [-0.05, 0) is 26.0 Å². The first-order chi connectivity index (χ1) is 10.5. The molecular weight excluding hydrogens is 274 g/mol. The molecule has 0 bridgehead atoms. The first-order valence-electron chi connectivity index (χ1n) is 7.56. The van der Waals surface area contributed by atoms with Crippen molar-refractivity contribution >= 4 is 11.4 Å². The van der Waals surface area contributed by atoms with Crippen LogP contribution in [0.1, 0.15) is 19.4 Å². The molecule has 1 aliphatic heterocycles. The number of hydrogen-bond acceptors (Lipinski definition) is 4. The third-order valence-corrected chi connectivity index (χ3v) is 4.27. The molecule has 5 heteroatoms. The van der Waals surface area contributed by atoms with E-state index in [1.54, 1.807) is 4.68 Å². The molecule has 0 aliphatic carbocycles. The summed E-state index contributed by atoms with van der Waals surface area (Å²) in [6, 6.07) is 6.91. The molecule has 2 heterocycles. The average molecular weight is 295 g/mol. The summed E-state index contributed by atoms with van der Waals surface area (Å²) in [6.07, 6.45) is 3.76. The molecule has 1 aromatic heterocycles. The molecule has 0 saturated heterocycles. The van der Waals surface area contributed by atoms with Gasteiger partial charge in [0.1, 0.15) is 0 Å². The molecule has 0 unspecified atom stereocenters. The maximum Gasteiger partial charge on any atom is 0.0999 e. The third-order valence-electron chi connectivity index (χ3n) is 4.27. The number of fused-ring (bicyclic) bond motifs is 1. The smallest absolute Gasteiger partial charge is 0.0999 e. The van der Waals surface area contributed by atoms with E-state index >= 15 is 0 Å². The van der Waals surface area contributed by atoms with Crippen molar-refractivity contribution in [3.63, 3.8) is 0 Å². The average Bonchev–Trinajstić information content (AvgIpc) is 2.92. The van der Waals surface area contributed by atoms with Gasteiger partial charge < -0.3 is 9.80 Å². The van der Waals surface area contributed by atoms with Gasteiger partial charge in [-0.1, -0.05) is 0 Å². The minimum Gasteiger partial charge on any atom is -0.371 e. The van der Waals surface area contributed by atoms with Crippen LogP contribution in [0.25, 0.3) is 11.1 Å². The normalized spacial score (nSPS) is 14.2. The summed E-state index contributed by atoms with van der Waals surface area (Å²) in [4.78, 5) is 4.62. The van der Waals surface area contributed by atoms with Crippen molar-refractivity contribution < 1.29 is 0 Å². The fourth-order valence-corrected chi connectivity index (χ4v) is 3.04. The molecular formula is C17H21N5. The van der Waals surface area contributed by atoms with Crippen molar-refractivity contribution in [2.45, 2.75) is 19.9 Å². The number of anilines is 2. The van der Waals surface area contributed by atoms with Gasteiger partial charge in [-0.25, -0.2) is 0 Å². The second kappa shape index (κ2) is 5.38. The first kappa shape index (κ1) is 14.5. The summed E-state index contributed by atoms with van der Waals surface area (Å²) in [5.74, 6) is 0. The van der Waals surface area contributed by atoms with Gasteiger partial charge in [0.2, 0.25) is 0 Å². The lowest BCUT2D eigenvalue weighted by Crippen LogP contribution is -2.42. The van der Waals surface area contributed by atoms with Gasteiger partial charge in [-0.3, -0.25) is 4.68 Å². The van der Waals surface area contributed by atoms with Crippen LogP contribution < -0.4 is 9.80 Å². The minimum atomic E-state index is 0.420. The Morgan fingerprint density at radius 1 is 1.18 bits per heavy atom. The lowest BCUT2D eigenvalue weighted by molar-refractivity contribution is 0.655. The molecule has 2 aromatic rings. The highest BCUT2D eigenvalue weighted by molar-refractivity contribution is 5.84. The topological polar surface area (TPSA) is 48.1 Å². The van der Waals surface area contributed by atoms with Crippen molar-refractivity contribution in [2.24, 2.45) is 7.05 Å². The van der Waals surface area contributed by atoms with E-state index in [1.165, 1.54) is 5.69 Å². The summed E-state index contributed by atoms with van der Waals surface area (Å²) in [5.41, 5.74) is 4.96. The van der Waals surface area contributed by atoms with E-state index < -0.39 is 0 Å². The van der Waals surface area contributed by atoms with E-state index in [-0.39, 0.29) is 0 Å². The standard InChI is InChI=1S/C17H21N5/c1-12(2)22-6-5-20(3)16-8-15(13(9-18)7-17(16)22)14-10-19-21(4)11-14/h7-8,10-12H,5-6H2,1-4H3. The predicted octanol–water partition coefficient (Wildman–Crippen LogP) is 2.62. The van der Waals surface area contributed by atoms with Crippen LogP contribution in [0.2, 0.25) is 0 Å². The number of nitriles is 1. The fourth-order valence-electron chi connectivity index (χ4n) is 3.04. The third kappa shape index (κ3) is 2.31. The van der Waals surface area contributed by atoms with Crippen LogP contribution in [-0.2, 0) is 7.05 Å². The van der Waals surface area contributed by atoms with Gasteiger partial charge in [0.25, 0.3) is 0 Å². The highest BCUT2D eigenvalue weighted by Crippen LogP contribution is 2.39. The van der Waals surface area contributed by atoms with Crippen molar-refractivity contribution in [3.05, 3.63) is 30.1 Å². The zero-order valence-electron chi connectivity index (χ0n) is 13.5. The van der Waals surface area contributed by atoms with Gasteiger partial charge in [-0.2, -0.15) is 10.4 Å². The van der Waals surface area contributed by atoms with Crippen molar-refractivity contribution in [1.29, 1.82) is 5.26 Å². The number of aryl methyl sites for hydroxylation is 1. The molecule has 0 N–H and O–H groups in total. The van der Waals surface area contributed by atoms with Crippen molar-refractivity contribution in [1.82, 2.24) is 9.78 Å². The maximum atomic E-state index is 9.57. The molecule has 1 aromatic carbocycles. The zero-order valence-corrected chi connectivity index (χ0v) is 13.5. The Balaban J connectivity index is 2.19. The fraction of sp³-hybridized carbons (Fsp3) is 0.412. The molecule has 22 heavy (non-hydrogen) atoms. The Kier molecular flexibility index (Phi) is 3.53. The summed E-state index contributed by atoms with van der Waals surface area (Å²) in [7, 11) is 4.00. The van der Waals surface area contributed by atoms with E-state index in [9.17, 15) is 5.26 Å². The van der Waals surface area contributed by atoms with Gasteiger partial charge in [-0.15, -0.1) is 0 Å². The highest BCUT2D eigenvalue weighted by atomic mass is 15.3. The number of benzene rings is 1. The van der Waals surface area contributed by atoms with Gasteiger partial charge >= 0.3 is 0 Å². The molecule has 1 aliphatic rings. The summed E-state index contributed by atoms with van der Waals surface area (Å²) in [5, 5.41) is 13.8. The van der Waals surface area contributed by atoms with Gasteiger partial charge in [0.05, 0.1) is 29.2 Å². The largest absolute Gasteiger partial charge is 0.371 e. The number of rotatable bonds is 2. The van der Waals surface area contributed by atoms with Gasteiger partial charge in [0, 0.05) is 50.6 Å². The summed E-state index contributed by atoms with van der Waals surface area (Å²) < 4.78 is 1.76. The zero-order chi connectivity index (χ0) is 15.9. The van der Waals surface area contributed by atoms with E-state index in [0.717, 1.165) is 29.9 Å². The Bertz CT molecular complexity index is 738. The molecule has 0 saturated carbocycles. The number of likely N-dealkylation sites (N-methyl/N-ethyl adjacent to an activating group) is 1. The van der Waals surface area contributed by atoms with E-state index in [0.29, 0.717) is 11.6 Å². The Morgan fingerprint density at radius 3 is 2.55 bits per heavy atom. The van der Waals surface area contributed by atoms with Crippen LogP contribution in [0.15, 0.2) is 24.5 Å². The molecule has 0 amide bonds. The van der Waals surface area contributed by atoms with Crippen LogP contribution in [0.3, 0.4) is 0 Å². The Labute approximate surface area is 131 Å². The molecule has 0 radical (unpaired) electrons. The Morgan fingerprint density at radius 2 is 1.95 bits per heavy atom. The lowest BCUT2D eigenvalue weighted by atomic mass is 9.98. The molecule has 3 rings (SSSR count). The van der Waals surface area contributed by atoms with Crippen LogP contribution in [0.5, 0.6) is 0 Å². The molecule has 0 fully saturated rings. The summed E-state index contributed by atoms with van der Waals surface area (Å²) >= 11 is 0. The van der Waals surface area contributed by atoms with Crippen LogP contribution in [0, 0.1) is 11.3 Å². The minimum absolute atomic E-state index is 0.420. The number of hydrogen-bond donors (Lipinski definition) is 0. The molecule has 5 nitrogen and oxygen atoms in total. The van der Waals surface area contributed by atoms with Crippen molar-refractivity contribution in [2.75, 3.05) is 29.9 Å². The van der Waals surface area contributed by atoms with Crippen molar-refractivity contribution in [3.8, 4) is 17.2 Å². The predicted molar refractivity (Wildman–Crippen MR) is 89.1 cm³/mol. The monoisotopic (exact) mass is 295 g/mol. The van der Waals surface area contributed by atoms with Crippen LogP contribution in [-0.4, -0.2) is 36.0 Å². The highest BCUT2D eigenvalue weighted by Gasteiger charge is 2.24. The lowest BCUT2D eigenvalue weighted by Gasteiger charge is -2.39. The summed E-state index contributed by atoms with van der Waals surface area (Å²) in [6.45, 7) is 6.36. The number of aromatic nitrogens is 2. The first-order valence-corrected chi connectivity index (χ1v) is 7.56. The quantitative estimate of drug-likeness (QED) is 0.854. The maximum absolute atomic E-state index is 9.57.